The topological polar surface area (TPSA) is 70.0 Å². The zero-order valence-corrected chi connectivity index (χ0v) is 14.1. The Hall–Kier alpha value is -2.95. The van der Waals surface area contributed by atoms with Gasteiger partial charge in [0.2, 0.25) is 5.91 Å². The molecule has 3 rings (SSSR count). The van der Waals surface area contributed by atoms with Crippen LogP contribution in [0.1, 0.15) is 42.0 Å². The van der Waals surface area contributed by atoms with Gasteiger partial charge in [0.05, 0.1) is 18.2 Å². The molecule has 2 aromatic carbocycles. The molecule has 1 atom stereocenters. The van der Waals surface area contributed by atoms with E-state index in [1.807, 2.05) is 61.5 Å². The molecule has 0 saturated carbocycles. The van der Waals surface area contributed by atoms with Gasteiger partial charge in [-0.3, -0.25) is 9.59 Å². The summed E-state index contributed by atoms with van der Waals surface area (Å²) in [5.74, 6) is -1.24. The second-order valence-corrected chi connectivity index (χ2v) is 6.18. The molecule has 5 heteroatoms. The Kier molecular flexibility index (Phi) is 4.93. The van der Waals surface area contributed by atoms with Crippen LogP contribution < -0.4 is 0 Å². The summed E-state index contributed by atoms with van der Waals surface area (Å²) in [7, 11) is 0. The number of nitrogens with zero attached hydrogens (tertiary/aromatic N) is 2. The molecule has 2 aromatic rings. The Balaban J connectivity index is 1.89. The highest BCUT2D eigenvalue weighted by atomic mass is 16.4. The lowest BCUT2D eigenvalue weighted by atomic mass is 9.97. The molecule has 0 fully saturated rings. The summed E-state index contributed by atoms with van der Waals surface area (Å²) in [6.45, 7) is 2.01. The zero-order valence-electron chi connectivity index (χ0n) is 14.1. The van der Waals surface area contributed by atoms with Crippen LogP contribution in [-0.2, 0) is 9.59 Å². The number of carbonyl (C=O) groups is 2. The third-order valence-corrected chi connectivity index (χ3v) is 4.29. The number of carboxylic acids is 1. The predicted octanol–water partition coefficient (Wildman–Crippen LogP) is 3.54. The molecule has 0 spiro atoms. The number of carboxylic acid groups (broad SMARTS) is 1. The Morgan fingerprint density at radius 2 is 1.76 bits per heavy atom. The Labute approximate surface area is 146 Å². The Bertz CT molecular complexity index is 797. The minimum Gasteiger partial charge on any atom is -0.481 e. The normalized spacial score (nSPS) is 16.6. The molecule has 1 aliphatic rings. The molecule has 0 bridgehead atoms. The van der Waals surface area contributed by atoms with Gasteiger partial charge in [0, 0.05) is 12.8 Å². The van der Waals surface area contributed by atoms with Crippen molar-refractivity contribution in [1.29, 1.82) is 0 Å². The van der Waals surface area contributed by atoms with E-state index in [9.17, 15) is 9.59 Å². The summed E-state index contributed by atoms with van der Waals surface area (Å²) in [6.07, 6.45) is 0.376. The zero-order chi connectivity index (χ0) is 17.8. The van der Waals surface area contributed by atoms with E-state index in [0.29, 0.717) is 6.42 Å². The average Bonchev–Trinajstić information content (AvgIpc) is 3.06. The van der Waals surface area contributed by atoms with E-state index in [4.69, 9.17) is 5.11 Å². The number of hydrazone groups is 1. The van der Waals surface area contributed by atoms with Crippen molar-refractivity contribution in [2.75, 3.05) is 0 Å². The van der Waals surface area contributed by atoms with Crippen molar-refractivity contribution in [2.24, 2.45) is 5.10 Å². The SMILES string of the molecule is Cc1ccc([C@H]2CC(c3ccccc3)=NN2C(=O)CCC(=O)O)cc1. The molecule has 128 valence electrons. The largest absolute Gasteiger partial charge is 0.481 e. The summed E-state index contributed by atoms with van der Waals surface area (Å²) < 4.78 is 0. The van der Waals surface area contributed by atoms with E-state index in [2.05, 4.69) is 5.10 Å². The fraction of sp³-hybridized carbons (Fsp3) is 0.250. The molecular formula is C20H20N2O3. The van der Waals surface area contributed by atoms with E-state index >= 15 is 0 Å². The fourth-order valence-electron chi connectivity index (χ4n) is 2.92. The van der Waals surface area contributed by atoms with Crippen molar-refractivity contribution < 1.29 is 14.7 Å². The standard InChI is InChI=1S/C20H20N2O3/c1-14-7-9-16(10-8-14)18-13-17(15-5-3-2-4-6-15)21-22(18)19(23)11-12-20(24)25/h2-10,18H,11-13H2,1H3,(H,24,25)/t18-/m1/s1. The summed E-state index contributed by atoms with van der Waals surface area (Å²) in [5.41, 5.74) is 3.97. The van der Waals surface area contributed by atoms with Crippen LogP contribution in [0, 0.1) is 6.92 Å². The number of aryl methyl sites for hydroxylation is 1. The predicted molar refractivity (Wildman–Crippen MR) is 95.2 cm³/mol. The third-order valence-electron chi connectivity index (χ3n) is 4.29. The summed E-state index contributed by atoms with van der Waals surface area (Å²) in [4.78, 5) is 23.3. The van der Waals surface area contributed by atoms with Crippen molar-refractivity contribution in [3.8, 4) is 0 Å². The lowest BCUT2D eigenvalue weighted by Gasteiger charge is -2.22. The van der Waals surface area contributed by atoms with E-state index in [1.54, 1.807) is 0 Å². The van der Waals surface area contributed by atoms with Crippen molar-refractivity contribution in [3.05, 3.63) is 71.3 Å². The van der Waals surface area contributed by atoms with Gasteiger partial charge >= 0.3 is 5.97 Å². The third kappa shape index (κ3) is 3.94. The number of amides is 1. The van der Waals surface area contributed by atoms with Gasteiger partial charge in [-0.15, -0.1) is 0 Å². The van der Waals surface area contributed by atoms with Crippen LogP contribution in [0.2, 0.25) is 0 Å². The molecule has 5 nitrogen and oxygen atoms in total. The first-order valence-corrected chi connectivity index (χ1v) is 8.28. The second-order valence-electron chi connectivity index (χ2n) is 6.18. The number of hydrogen-bond donors (Lipinski definition) is 1. The summed E-state index contributed by atoms with van der Waals surface area (Å²) in [5, 5.41) is 14.8. The van der Waals surface area contributed by atoms with Crippen molar-refractivity contribution in [2.45, 2.75) is 32.2 Å². The van der Waals surface area contributed by atoms with Gasteiger partial charge in [0.1, 0.15) is 0 Å². The van der Waals surface area contributed by atoms with Crippen LogP contribution in [-0.4, -0.2) is 27.7 Å². The highest BCUT2D eigenvalue weighted by Crippen LogP contribution is 2.33. The van der Waals surface area contributed by atoms with Crippen LogP contribution in [0.5, 0.6) is 0 Å². The Morgan fingerprint density at radius 3 is 2.40 bits per heavy atom. The van der Waals surface area contributed by atoms with E-state index in [1.165, 1.54) is 5.01 Å². The van der Waals surface area contributed by atoms with E-state index in [-0.39, 0.29) is 24.8 Å². The number of rotatable bonds is 5. The summed E-state index contributed by atoms with van der Waals surface area (Å²) >= 11 is 0. The molecule has 0 unspecified atom stereocenters. The Morgan fingerprint density at radius 1 is 1.08 bits per heavy atom. The van der Waals surface area contributed by atoms with Gasteiger partial charge in [-0.1, -0.05) is 60.2 Å². The lowest BCUT2D eigenvalue weighted by Crippen LogP contribution is -2.27. The summed E-state index contributed by atoms with van der Waals surface area (Å²) in [6, 6.07) is 17.6. The maximum atomic E-state index is 12.5. The molecule has 0 aliphatic carbocycles. The maximum absolute atomic E-state index is 12.5. The maximum Gasteiger partial charge on any atom is 0.303 e. The fourth-order valence-corrected chi connectivity index (χ4v) is 2.92. The first-order valence-electron chi connectivity index (χ1n) is 8.28. The molecule has 25 heavy (non-hydrogen) atoms. The van der Waals surface area contributed by atoms with Crippen molar-refractivity contribution in [3.63, 3.8) is 0 Å². The van der Waals surface area contributed by atoms with E-state index < -0.39 is 5.97 Å². The lowest BCUT2D eigenvalue weighted by molar-refractivity contribution is -0.141. The van der Waals surface area contributed by atoms with Gasteiger partial charge in [0.15, 0.2) is 0 Å². The van der Waals surface area contributed by atoms with Gasteiger partial charge in [-0.05, 0) is 18.1 Å². The van der Waals surface area contributed by atoms with Gasteiger partial charge in [0.25, 0.3) is 0 Å². The number of carbonyl (C=O) groups excluding carboxylic acids is 1. The van der Waals surface area contributed by atoms with Crippen molar-refractivity contribution >= 4 is 17.6 Å². The quantitative estimate of drug-likeness (QED) is 0.908. The van der Waals surface area contributed by atoms with Gasteiger partial charge in [-0.2, -0.15) is 5.10 Å². The van der Waals surface area contributed by atoms with Gasteiger partial charge in [-0.25, -0.2) is 5.01 Å². The van der Waals surface area contributed by atoms with Gasteiger partial charge < -0.3 is 5.11 Å². The number of hydrogen-bond acceptors (Lipinski definition) is 3. The highest BCUT2D eigenvalue weighted by molar-refractivity contribution is 6.03. The van der Waals surface area contributed by atoms with Crippen LogP contribution in [0.15, 0.2) is 59.7 Å². The molecule has 1 aliphatic heterocycles. The highest BCUT2D eigenvalue weighted by Gasteiger charge is 2.32. The van der Waals surface area contributed by atoms with E-state index in [0.717, 1.165) is 22.4 Å². The smallest absolute Gasteiger partial charge is 0.303 e. The second kappa shape index (κ2) is 7.30. The average molecular weight is 336 g/mol. The van der Waals surface area contributed by atoms with Crippen LogP contribution in [0.4, 0.5) is 0 Å². The first kappa shape index (κ1) is 16.9. The van der Waals surface area contributed by atoms with Crippen LogP contribution in [0.25, 0.3) is 0 Å². The molecule has 1 amide bonds. The van der Waals surface area contributed by atoms with Crippen LogP contribution in [0.3, 0.4) is 0 Å². The number of benzene rings is 2. The molecule has 0 saturated heterocycles. The number of aliphatic carboxylic acids is 1. The monoisotopic (exact) mass is 336 g/mol. The molecule has 0 aromatic heterocycles. The first-order chi connectivity index (χ1) is 12.0. The van der Waals surface area contributed by atoms with Crippen molar-refractivity contribution in [1.82, 2.24) is 5.01 Å². The molecular weight excluding hydrogens is 316 g/mol. The molecule has 1 N–H and O–H groups in total. The van der Waals surface area contributed by atoms with Crippen LogP contribution >= 0.6 is 0 Å². The minimum atomic E-state index is -0.980. The molecule has 0 radical (unpaired) electrons. The minimum absolute atomic E-state index is 0.0523. The molecule has 1 heterocycles.